The van der Waals surface area contributed by atoms with E-state index in [4.69, 9.17) is 9.47 Å². The van der Waals surface area contributed by atoms with Crippen LogP contribution >= 0.6 is 0 Å². The number of hydrogen-bond donors (Lipinski definition) is 1. The first-order valence-electron chi connectivity index (χ1n) is 10.0. The van der Waals surface area contributed by atoms with E-state index in [2.05, 4.69) is 46.9 Å². The Balaban J connectivity index is 1.83. The molecule has 5 nitrogen and oxygen atoms in total. The zero-order valence-electron chi connectivity index (χ0n) is 17.3. The van der Waals surface area contributed by atoms with Gasteiger partial charge in [-0.25, -0.2) is 0 Å². The molecule has 152 valence electrons. The summed E-state index contributed by atoms with van der Waals surface area (Å²) < 4.78 is 13.7. The molecule has 0 saturated carbocycles. The maximum absolute atomic E-state index is 10.5. The molecule has 1 N–H and O–H groups in total. The molecule has 0 spiro atoms. The molecule has 1 aromatic heterocycles. The van der Waals surface area contributed by atoms with Gasteiger partial charge in [-0.3, -0.25) is 4.90 Å². The quantitative estimate of drug-likeness (QED) is 0.694. The van der Waals surface area contributed by atoms with Crippen molar-refractivity contribution < 1.29 is 14.6 Å². The van der Waals surface area contributed by atoms with Crippen LogP contribution in [-0.2, 0) is 13.1 Å². The fourth-order valence-electron chi connectivity index (χ4n) is 4.35. The van der Waals surface area contributed by atoms with E-state index in [1.807, 2.05) is 18.2 Å². The van der Waals surface area contributed by atoms with Crippen LogP contribution in [0.2, 0.25) is 0 Å². The maximum atomic E-state index is 10.5. The molecule has 1 atom stereocenters. The van der Waals surface area contributed by atoms with Crippen LogP contribution in [0.1, 0.15) is 34.8 Å². The van der Waals surface area contributed by atoms with Crippen LogP contribution in [0.15, 0.2) is 54.7 Å². The van der Waals surface area contributed by atoms with Gasteiger partial charge in [0.2, 0.25) is 0 Å². The van der Waals surface area contributed by atoms with Crippen molar-refractivity contribution >= 4 is 0 Å². The summed E-state index contributed by atoms with van der Waals surface area (Å²) in [6.07, 6.45) is 3.18. The molecule has 1 aliphatic rings. The van der Waals surface area contributed by atoms with Gasteiger partial charge in [-0.1, -0.05) is 29.8 Å². The molecule has 0 amide bonds. The van der Waals surface area contributed by atoms with Crippen LogP contribution in [0.4, 0.5) is 0 Å². The van der Waals surface area contributed by atoms with Gasteiger partial charge in [-0.05, 0) is 37.6 Å². The van der Waals surface area contributed by atoms with Gasteiger partial charge >= 0.3 is 0 Å². The minimum Gasteiger partial charge on any atom is -0.508 e. The summed E-state index contributed by atoms with van der Waals surface area (Å²) in [4.78, 5) is 2.42. The smallest absolute Gasteiger partial charge is 0.165 e. The number of hydrogen-bond acceptors (Lipinski definition) is 4. The van der Waals surface area contributed by atoms with Crippen LogP contribution in [0.5, 0.6) is 17.2 Å². The fraction of sp³-hybridized carbons (Fsp3) is 0.333. The molecule has 0 unspecified atom stereocenters. The van der Waals surface area contributed by atoms with Gasteiger partial charge in [0.25, 0.3) is 0 Å². The van der Waals surface area contributed by atoms with Crippen LogP contribution in [-0.4, -0.2) is 35.3 Å². The van der Waals surface area contributed by atoms with Gasteiger partial charge in [-0.15, -0.1) is 0 Å². The first-order chi connectivity index (χ1) is 14.1. The van der Waals surface area contributed by atoms with Gasteiger partial charge in [0.1, 0.15) is 5.75 Å². The highest BCUT2D eigenvalue weighted by molar-refractivity contribution is 5.50. The molecule has 5 heteroatoms. The molecule has 0 aliphatic carbocycles. The SMILES string of the molecule is COc1cccc([C@@H]2c3cccn3CCCN2Cc2cc(C)ccc2O)c1OC. The van der Waals surface area contributed by atoms with E-state index >= 15 is 0 Å². The fourth-order valence-corrected chi connectivity index (χ4v) is 4.35. The summed E-state index contributed by atoms with van der Waals surface area (Å²) in [7, 11) is 3.35. The highest BCUT2D eigenvalue weighted by Gasteiger charge is 2.31. The molecule has 0 saturated heterocycles. The van der Waals surface area contributed by atoms with Crippen LogP contribution in [0, 0.1) is 6.92 Å². The molecule has 3 aromatic rings. The third-order valence-electron chi connectivity index (χ3n) is 5.69. The first-order valence-corrected chi connectivity index (χ1v) is 10.0. The van der Waals surface area contributed by atoms with Crippen LogP contribution in [0.3, 0.4) is 0 Å². The Hall–Kier alpha value is -2.92. The summed E-state index contributed by atoms with van der Waals surface area (Å²) in [5, 5.41) is 10.5. The Morgan fingerprint density at radius 3 is 2.69 bits per heavy atom. The van der Waals surface area contributed by atoms with E-state index in [9.17, 15) is 5.11 Å². The summed E-state index contributed by atoms with van der Waals surface area (Å²) in [6.45, 7) is 4.60. The van der Waals surface area contributed by atoms with Gasteiger partial charge in [-0.2, -0.15) is 0 Å². The van der Waals surface area contributed by atoms with Gasteiger partial charge < -0.3 is 19.1 Å². The number of aromatic nitrogens is 1. The average Bonchev–Trinajstić information content (AvgIpc) is 3.11. The van der Waals surface area contributed by atoms with Crippen molar-refractivity contribution in [1.82, 2.24) is 9.47 Å². The zero-order chi connectivity index (χ0) is 20.4. The minimum absolute atomic E-state index is 0.00235. The van der Waals surface area contributed by atoms with Crippen molar-refractivity contribution in [2.24, 2.45) is 0 Å². The largest absolute Gasteiger partial charge is 0.508 e. The minimum atomic E-state index is -0.00235. The summed E-state index contributed by atoms with van der Waals surface area (Å²) in [5.41, 5.74) is 4.38. The predicted molar refractivity (Wildman–Crippen MR) is 114 cm³/mol. The Kier molecular flexibility index (Phi) is 5.49. The van der Waals surface area contributed by atoms with E-state index in [-0.39, 0.29) is 6.04 Å². The van der Waals surface area contributed by atoms with Crippen molar-refractivity contribution in [1.29, 1.82) is 0 Å². The maximum Gasteiger partial charge on any atom is 0.165 e. The molecule has 1 aliphatic heterocycles. The number of aryl methyl sites for hydroxylation is 2. The molecule has 0 fully saturated rings. The number of benzene rings is 2. The number of ether oxygens (including phenoxy) is 2. The first kappa shape index (κ1) is 19.4. The van der Waals surface area contributed by atoms with Crippen LogP contribution in [0.25, 0.3) is 0 Å². The van der Waals surface area contributed by atoms with Gasteiger partial charge in [0, 0.05) is 42.7 Å². The highest BCUT2D eigenvalue weighted by Crippen LogP contribution is 2.42. The van der Waals surface area contributed by atoms with E-state index in [1.54, 1.807) is 20.3 Å². The predicted octanol–water partition coefficient (Wildman–Crippen LogP) is 4.51. The second-order valence-corrected chi connectivity index (χ2v) is 7.57. The number of rotatable bonds is 5. The van der Waals surface area contributed by atoms with Crippen molar-refractivity contribution in [3.8, 4) is 17.2 Å². The van der Waals surface area contributed by atoms with E-state index in [1.165, 1.54) is 5.69 Å². The van der Waals surface area contributed by atoms with Crippen molar-refractivity contribution in [2.75, 3.05) is 20.8 Å². The summed E-state index contributed by atoms with van der Waals surface area (Å²) in [5.74, 6) is 1.82. The number of phenolic OH excluding ortho intramolecular Hbond substituents is 1. The zero-order valence-corrected chi connectivity index (χ0v) is 17.3. The molecular weight excluding hydrogens is 364 g/mol. The Bertz CT molecular complexity index is 996. The lowest BCUT2D eigenvalue weighted by Gasteiger charge is -2.32. The lowest BCUT2D eigenvalue weighted by molar-refractivity contribution is 0.212. The normalized spacial score (nSPS) is 16.9. The summed E-state index contributed by atoms with van der Waals surface area (Å²) >= 11 is 0. The standard InChI is InChI=1S/C24H28N2O3/c1-17-10-11-21(27)18(15-17)16-26-14-6-13-25-12-5-8-20(25)23(26)19-7-4-9-22(28-2)24(19)29-3/h4-5,7-12,15,23,27H,6,13-14,16H2,1-3H3/t23-/m1/s1. The topological polar surface area (TPSA) is 46.9 Å². The number of para-hydroxylation sites is 1. The van der Waals surface area contributed by atoms with Crippen molar-refractivity contribution in [3.63, 3.8) is 0 Å². The molecule has 0 radical (unpaired) electrons. The van der Waals surface area contributed by atoms with E-state index in [0.717, 1.165) is 47.7 Å². The second kappa shape index (κ2) is 8.21. The molecular formula is C24H28N2O3. The molecule has 0 bridgehead atoms. The van der Waals surface area contributed by atoms with E-state index < -0.39 is 0 Å². The van der Waals surface area contributed by atoms with Gasteiger partial charge in [0.05, 0.1) is 20.3 Å². The Morgan fingerprint density at radius 1 is 1.03 bits per heavy atom. The van der Waals surface area contributed by atoms with Crippen molar-refractivity contribution in [3.05, 3.63) is 77.1 Å². The molecule has 2 aromatic carbocycles. The Morgan fingerprint density at radius 2 is 1.90 bits per heavy atom. The second-order valence-electron chi connectivity index (χ2n) is 7.57. The van der Waals surface area contributed by atoms with Crippen LogP contribution < -0.4 is 9.47 Å². The lowest BCUT2D eigenvalue weighted by Crippen LogP contribution is -2.30. The number of aromatic hydroxyl groups is 1. The third kappa shape index (κ3) is 3.70. The molecule has 4 rings (SSSR count). The number of nitrogens with zero attached hydrogens (tertiary/aromatic N) is 2. The number of phenols is 1. The molecule has 29 heavy (non-hydrogen) atoms. The highest BCUT2D eigenvalue weighted by atomic mass is 16.5. The lowest BCUT2D eigenvalue weighted by atomic mass is 9.99. The number of fused-ring (bicyclic) bond motifs is 1. The average molecular weight is 392 g/mol. The number of methoxy groups -OCH3 is 2. The van der Waals surface area contributed by atoms with E-state index in [0.29, 0.717) is 12.3 Å². The monoisotopic (exact) mass is 392 g/mol. The Labute approximate surface area is 172 Å². The third-order valence-corrected chi connectivity index (χ3v) is 5.69. The van der Waals surface area contributed by atoms with Crippen molar-refractivity contribution in [2.45, 2.75) is 32.5 Å². The molecule has 2 heterocycles. The summed E-state index contributed by atoms with van der Waals surface area (Å²) in [6, 6.07) is 16.1. The van der Waals surface area contributed by atoms with Gasteiger partial charge in [0.15, 0.2) is 11.5 Å².